The first kappa shape index (κ1) is 15.0. The molecule has 0 amide bonds. The van der Waals surface area contributed by atoms with E-state index in [4.69, 9.17) is 0 Å². The lowest BCUT2D eigenvalue weighted by Gasteiger charge is -2.41. The van der Waals surface area contributed by atoms with E-state index in [0.717, 1.165) is 37.0 Å². The van der Waals surface area contributed by atoms with Crippen LogP contribution >= 0.6 is 15.9 Å². The molecule has 1 aromatic carbocycles. The number of halogens is 1. The lowest BCUT2D eigenvalue weighted by atomic mass is 9.75. The maximum atomic E-state index is 11.0. The molecule has 4 nitrogen and oxygen atoms in total. The largest absolute Gasteiger partial charge is 0.299 e. The fourth-order valence-corrected chi connectivity index (χ4v) is 4.27. The van der Waals surface area contributed by atoms with Gasteiger partial charge in [0.05, 0.1) is 9.40 Å². The standard InChI is InChI=1S/C16H21BrN2O2/c17-15-6-5-12(9-16(15)19(20)21)10-18-8-7-13-3-1-2-4-14(13)11-18/h5-6,9,13-14H,1-4,7-8,10-11H2. The number of rotatable bonds is 3. The summed E-state index contributed by atoms with van der Waals surface area (Å²) in [5.74, 6) is 1.77. The van der Waals surface area contributed by atoms with Crippen molar-refractivity contribution in [3.8, 4) is 0 Å². The lowest BCUT2D eigenvalue weighted by Crippen LogP contribution is -2.41. The third-order valence-electron chi connectivity index (χ3n) is 4.99. The summed E-state index contributed by atoms with van der Waals surface area (Å²) in [6.45, 7) is 3.12. The van der Waals surface area contributed by atoms with E-state index in [9.17, 15) is 10.1 Å². The molecule has 0 radical (unpaired) electrons. The third-order valence-corrected chi connectivity index (χ3v) is 5.66. The topological polar surface area (TPSA) is 46.4 Å². The smallest absolute Gasteiger partial charge is 0.283 e. The molecule has 1 aliphatic carbocycles. The molecule has 1 saturated heterocycles. The predicted molar refractivity (Wildman–Crippen MR) is 86.1 cm³/mol. The molecule has 1 heterocycles. The number of nitro groups is 1. The van der Waals surface area contributed by atoms with Crippen LogP contribution in [0.3, 0.4) is 0 Å². The molecule has 2 unspecified atom stereocenters. The second-order valence-electron chi connectivity index (χ2n) is 6.37. The summed E-state index contributed by atoms with van der Waals surface area (Å²) in [5.41, 5.74) is 1.21. The van der Waals surface area contributed by atoms with Gasteiger partial charge in [0.15, 0.2) is 0 Å². The van der Waals surface area contributed by atoms with Crippen LogP contribution in [0, 0.1) is 22.0 Å². The summed E-state index contributed by atoms with van der Waals surface area (Å²) >= 11 is 3.25. The molecule has 114 valence electrons. The quantitative estimate of drug-likeness (QED) is 0.599. The fraction of sp³-hybridized carbons (Fsp3) is 0.625. The Hall–Kier alpha value is -0.940. The van der Waals surface area contributed by atoms with Crippen molar-refractivity contribution in [1.29, 1.82) is 0 Å². The van der Waals surface area contributed by atoms with Crippen LogP contribution in [-0.4, -0.2) is 22.9 Å². The first-order chi connectivity index (χ1) is 10.1. The molecule has 0 N–H and O–H groups in total. The predicted octanol–water partition coefficient (Wildman–Crippen LogP) is 4.37. The molecular formula is C16H21BrN2O2. The first-order valence-corrected chi connectivity index (χ1v) is 8.58. The number of hydrogen-bond acceptors (Lipinski definition) is 3. The fourth-order valence-electron chi connectivity index (χ4n) is 3.87. The van der Waals surface area contributed by atoms with E-state index in [1.54, 1.807) is 12.1 Å². The Kier molecular flexibility index (Phi) is 4.60. The van der Waals surface area contributed by atoms with E-state index in [1.165, 1.54) is 32.1 Å². The van der Waals surface area contributed by atoms with Crippen LogP contribution in [0.1, 0.15) is 37.7 Å². The molecule has 5 heteroatoms. The van der Waals surface area contributed by atoms with Crippen molar-refractivity contribution in [3.63, 3.8) is 0 Å². The second-order valence-corrected chi connectivity index (χ2v) is 7.23. The molecule has 1 aliphatic heterocycles. The highest BCUT2D eigenvalue weighted by molar-refractivity contribution is 9.10. The number of benzene rings is 1. The zero-order valence-electron chi connectivity index (χ0n) is 12.1. The molecule has 1 aromatic rings. The Morgan fingerprint density at radius 1 is 1.24 bits per heavy atom. The van der Waals surface area contributed by atoms with Gasteiger partial charge in [-0.15, -0.1) is 0 Å². The van der Waals surface area contributed by atoms with Gasteiger partial charge >= 0.3 is 0 Å². The van der Waals surface area contributed by atoms with Crippen LogP contribution < -0.4 is 0 Å². The van der Waals surface area contributed by atoms with Crippen LogP contribution in [0.4, 0.5) is 5.69 Å². The number of piperidine rings is 1. The van der Waals surface area contributed by atoms with Gasteiger partial charge in [0, 0.05) is 19.2 Å². The number of hydrogen-bond donors (Lipinski definition) is 0. The monoisotopic (exact) mass is 352 g/mol. The van der Waals surface area contributed by atoms with Crippen LogP contribution in [0.5, 0.6) is 0 Å². The van der Waals surface area contributed by atoms with Crippen molar-refractivity contribution in [2.45, 2.75) is 38.6 Å². The number of nitrogens with zero attached hydrogens (tertiary/aromatic N) is 2. The second kappa shape index (κ2) is 6.44. The minimum absolute atomic E-state index is 0.167. The highest BCUT2D eigenvalue weighted by Crippen LogP contribution is 2.36. The lowest BCUT2D eigenvalue weighted by molar-refractivity contribution is -0.385. The summed E-state index contributed by atoms with van der Waals surface area (Å²) in [4.78, 5) is 13.2. The molecule has 0 aromatic heterocycles. The summed E-state index contributed by atoms with van der Waals surface area (Å²) < 4.78 is 0.558. The van der Waals surface area contributed by atoms with Gasteiger partial charge < -0.3 is 0 Å². The van der Waals surface area contributed by atoms with Gasteiger partial charge in [-0.05, 0) is 58.8 Å². The molecule has 2 atom stereocenters. The highest BCUT2D eigenvalue weighted by Gasteiger charge is 2.31. The Morgan fingerprint density at radius 2 is 2.00 bits per heavy atom. The van der Waals surface area contributed by atoms with Crippen LogP contribution in [-0.2, 0) is 6.54 Å². The normalized spacial score (nSPS) is 26.3. The van der Waals surface area contributed by atoms with E-state index in [2.05, 4.69) is 20.8 Å². The van der Waals surface area contributed by atoms with E-state index in [-0.39, 0.29) is 10.6 Å². The molecule has 1 saturated carbocycles. The maximum Gasteiger partial charge on any atom is 0.283 e. The zero-order chi connectivity index (χ0) is 14.8. The third kappa shape index (κ3) is 3.46. The van der Waals surface area contributed by atoms with Gasteiger partial charge in [0.2, 0.25) is 0 Å². The van der Waals surface area contributed by atoms with Crippen molar-refractivity contribution in [1.82, 2.24) is 4.90 Å². The first-order valence-electron chi connectivity index (χ1n) is 7.78. The number of likely N-dealkylation sites (tertiary alicyclic amines) is 1. The molecule has 0 spiro atoms. The van der Waals surface area contributed by atoms with E-state index in [0.29, 0.717) is 4.47 Å². The van der Waals surface area contributed by atoms with E-state index in [1.807, 2.05) is 6.07 Å². The van der Waals surface area contributed by atoms with Gasteiger partial charge in [0.1, 0.15) is 0 Å². The summed E-state index contributed by atoms with van der Waals surface area (Å²) in [6, 6.07) is 5.49. The van der Waals surface area contributed by atoms with Crippen molar-refractivity contribution in [2.75, 3.05) is 13.1 Å². The minimum atomic E-state index is -0.318. The summed E-state index contributed by atoms with van der Waals surface area (Å²) in [5, 5.41) is 11.0. The van der Waals surface area contributed by atoms with Crippen molar-refractivity contribution in [3.05, 3.63) is 38.3 Å². The van der Waals surface area contributed by atoms with Crippen molar-refractivity contribution >= 4 is 21.6 Å². The Labute approximate surface area is 133 Å². The molecule has 0 bridgehead atoms. The molecule has 2 aliphatic rings. The van der Waals surface area contributed by atoms with Gasteiger partial charge in [-0.2, -0.15) is 0 Å². The SMILES string of the molecule is O=[N+]([O-])c1cc(CN2CCC3CCCCC3C2)ccc1Br. The number of fused-ring (bicyclic) bond motifs is 1. The summed E-state index contributed by atoms with van der Waals surface area (Å²) in [7, 11) is 0. The molecule has 21 heavy (non-hydrogen) atoms. The van der Waals surface area contributed by atoms with E-state index >= 15 is 0 Å². The van der Waals surface area contributed by atoms with Gasteiger partial charge in [0.25, 0.3) is 5.69 Å². The maximum absolute atomic E-state index is 11.0. The van der Waals surface area contributed by atoms with Gasteiger partial charge in [-0.1, -0.05) is 25.3 Å². The molecule has 3 rings (SSSR count). The Balaban J connectivity index is 1.66. The van der Waals surface area contributed by atoms with Crippen molar-refractivity contribution < 1.29 is 4.92 Å². The Bertz CT molecular complexity index is 535. The average Bonchev–Trinajstić information content (AvgIpc) is 2.49. The minimum Gasteiger partial charge on any atom is -0.299 e. The van der Waals surface area contributed by atoms with Gasteiger partial charge in [-0.3, -0.25) is 15.0 Å². The van der Waals surface area contributed by atoms with Crippen LogP contribution in [0.25, 0.3) is 0 Å². The van der Waals surface area contributed by atoms with Crippen LogP contribution in [0.2, 0.25) is 0 Å². The summed E-state index contributed by atoms with van der Waals surface area (Å²) in [6.07, 6.45) is 6.84. The number of nitro benzene ring substituents is 1. The van der Waals surface area contributed by atoms with Crippen molar-refractivity contribution in [2.24, 2.45) is 11.8 Å². The Morgan fingerprint density at radius 3 is 2.76 bits per heavy atom. The van der Waals surface area contributed by atoms with Gasteiger partial charge in [-0.25, -0.2) is 0 Å². The van der Waals surface area contributed by atoms with E-state index < -0.39 is 0 Å². The molecular weight excluding hydrogens is 332 g/mol. The molecule has 2 fully saturated rings. The zero-order valence-corrected chi connectivity index (χ0v) is 13.7. The van der Waals surface area contributed by atoms with Crippen LogP contribution in [0.15, 0.2) is 22.7 Å². The highest BCUT2D eigenvalue weighted by atomic mass is 79.9. The average molecular weight is 353 g/mol.